The number of benzene rings is 9. The van der Waals surface area contributed by atoms with Crippen LogP contribution in [0.1, 0.15) is 16.7 Å². The van der Waals surface area contributed by atoms with Gasteiger partial charge in [0.2, 0.25) is 0 Å². The molecule has 0 saturated carbocycles. The zero-order chi connectivity index (χ0) is 36.9. The number of rotatable bonds is 3. The summed E-state index contributed by atoms with van der Waals surface area (Å²) >= 11 is 0. The van der Waals surface area contributed by atoms with Crippen molar-refractivity contribution in [2.24, 2.45) is 0 Å². The fourth-order valence-corrected chi connectivity index (χ4v) is 7.58. The summed E-state index contributed by atoms with van der Waals surface area (Å²) in [4.78, 5) is 0. The molecule has 1 heteroatoms. The van der Waals surface area contributed by atoms with Crippen LogP contribution in [0.4, 0.5) is 0 Å². The summed E-state index contributed by atoms with van der Waals surface area (Å²) in [7, 11) is 0. The van der Waals surface area contributed by atoms with Crippen LogP contribution in [-0.4, -0.2) is 4.57 Å². The summed E-state index contributed by atoms with van der Waals surface area (Å²) in [6.45, 7) is 6.46. The SMILES string of the molecule is Cc1cc(-c2ccccc2)c2ccccc2c1.Cc1cc(-c2ccccc2)cc2ccccc12.Cc1cccc(-n2c3ccccc3c3ccccc32)c1. The van der Waals surface area contributed by atoms with Gasteiger partial charge in [0.05, 0.1) is 11.0 Å². The normalized spacial score (nSPS) is 10.9. The van der Waals surface area contributed by atoms with Gasteiger partial charge < -0.3 is 4.57 Å². The summed E-state index contributed by atoms with van der Waals surface area (Å²) in [6, 6.07) is 73.1. The van der Waals surface area contributed by atoms with E-state index in [2.05, 4.69) is 232 Å². The number of fused-ring (bicyclic) bond motifs is 5. The molecule has 1 heterocycles. The van der Waals surface area contributed by atoms with Crippen molar-refractivity contribution < 1.29 is 0 Å². The minimum Gasteiger partial charge on any atom is -0.309 e. The van der Waals surface area contributed by atoms with E-state index in [1.807, 2.05) is 0 Å². The highest BCUT2D eigenvalue weighted by Gasteiger charge is 2.11. The predicted octanol–water partition coefficient (Wildman–Crippen LogP) is 14.7. The van der Waals surface area contributed by atoms with Crippen LogP contribution >= 0.6 is 0 Å². The second-order valence-electron chi connectivity index (χ2n) is 14.0. The van der Waals surface area contributed by atoms with E-state index in [1.54, 1.807) is 0 Å². The summed E-state index contributed by atoms with van der Waals surface area (Å²) < 4.78 is 2.34. The van der Waals surface area contributed by atoms with Gasteiger partial charge in [-0.05, 0) is 112 Å². The molecule has 0 aliphatic heterocycles. The first kappa shape index (κ1) is 34.4. The van der Waals surface area contributed by atoms with Gasteiger partial charge in [-0.3, -0.25) is 0 Å². The molecule has 10 aromatic rings. The largest absolute Gasteiger partial charge is 0.309 e. The first-order valence-corrected chi connectivity index (χ1v) is 18.7. The van der Waals surface area contributed by atoms with Crippen molar-refractivity contribution in [3.8, 4) is 27.9 Å². The lowest BCUT2D eigenvalue weighted by atomic mass is 9.96. The number of para-hydroxylation sites is 2. The number of nitrogens with zero attached hydrogens (tertiary/aromatic N) is 1. The van der Waals surface area contributed by atoms with Crippen molar-refractivity contribution >= 4 is 43.4 Å². The third kappa shape index (κ3) is 7.18. The Morgan fingerprint density at radius 3 is 1.46 bits per heavy atom. The topological polar surface area (TPSA) is 4.93 Å². The van der Waals surface area contributed by atoms with E-state index in [4.69, 9.17) is 0 Å². The molecule has 1 nitrogen and oxygen atoms in total. The molecule has 54 heavy (non-hydrogen) atoms. The molecule has 0 unspecified atom stereocenters. The molecule has 0 amide bonds. The van der Waals surface area contributed by atoms with Gasteiger partial charge in [0.1, 0.15) is 0 Å². The van der Waals surface area contributed by atoms with E-state index in [0.29, 0.717) is 0 Å². The number of aromatic nitrogens is 1. The van der Waals surface area contributed by atoms with Crippen LogP contribution < -0.4 is 0 Å². The van der Waals surface area contributed by atoms with E-state index in [9.17, 15) is 0 Å². The molecule has 9 aromatic carbocycles. The van der Waals surface area contributed by atoms with Crippen molar-refractivity contribution in [1.29, 1.82) is 0 Å². The maximum atomic E-state index is 2.34. The van der Waals surface area contributed by atoms with Gasteiger partial charge in [-0.25, -0.2) is 0 Å². The first-order chi connectivity index (χ1) is 26.5. The molecule has 0 fully saturated rings. The predicted molar refractivity (Wildman–Crippen MR) is 234 cm³/mol. The molecule has 0 saturated heterocycles. The zero-order valence-corrected chi connectivity index (χ0v) is 31.1. The highest BCUT2D eigenvalue weighted by Crippen LogP contribution is 2.33. The van der Waals surface area contributed by atoms with Gasteiger partial charge in [-0.15, -0.1) is 0 Å². The van der Waals surface area contributed by atoms with Crippen molar-refractivity contribution in [2.75, 3.05) is 0 Å². The number of hydrogen-bond donors (Lipinski definition) is 0. The van der Waals surface area contributed by atoms with Crippen LogP contribution in [0.25, 0.3) is 71.3 Å². The average Bonchev–Trinajstić information content (AvgIpc) is 3.56. The molecule has 0 spiro atoms. The Kier molecular flexibility index (Phi) is 9.87. The number of hydrogen-bond acceptors (Lipinski definition) is 0. The van der Waals surface area contributed by atoms with E-state index in [-0.39, 0.29) is 0 Å². The number of aryl methyl sites for hydroxylation is 3. The van der Waals surface area contributed by atoms with Crippen LogP contribution in [0, 0.1) is 20.8 Å². The van der Waals surface area contributed by atoms with Gasteiger partial charge in [0, 0.05) is 16.5 Å². The third-order valence-corrected chi connectivity index (χ3v) is 10.1. The Hall–Kier alpha value is -6.70. The highest BCUT2D eigenvalue weighted by molar-refractivity contribution is 6.09. The first-order valence-electron chi connectivity index (χ1n) is 18.7. The second-order valence-corrected chi connectivity index (χ2v) is 14.0. The molecule has 0 atom stereocenters. The standard InChI is InChI=1S/C19H15N.2C17H14/c1-14-7-6-8-15(13-14)20-18-11-4-2-9-16(18)17-10-3-5-12-19(17)20;1-13-11-16(14-7-3-2-4-8-14)12-15-9-5-6-10-17(13)15;1-13-11-15-9-5-6-10-16(15)17(12-13)14-7-3-2-4-8-14/h2-13H,1H3;2*2-12H,1H3. The van der Waals surface area contributed by atoms with Crippen molar-refractivity contribution in [3.63, 3.8) is 0 Å². The Bertz CT molecular complexity index is 2780. The summed E-state index contributed by atoms with van der Waals surface area (Å²) in [5.74, 6) is 0. The molecule has 0 aliphatic rings. The molecule has 0 aliphatic carbocycles. The Morgan fingerprint density at radius 2 is 0.833 bits per heavy atom. The minimum absolute atomic E-state index is 1.22. The monoisotopic (exact) mass is 693 g/mol. The van der Waals surface area contributed by atoms with Gasteiger partial charge >= 0.3 is 0 Å². The lowest BCUT2D eigenvalue weighted by Crippen LogP contribution is -1.93. The molecule has 0 radical (unpaired) electrons. The van der Waals surface area contributed by atoms with E-state index >= 15 is 0 Å². The molecule has 260 valence electrons. The van der Waals surface area contributed by atoms with Crippen molar-refractivity contribution in [3.05, 3.63) is 223 Å². The van der Waals surface area contributed by atoms with Gasteiger partial charge in [0.25, 0.3) is 0 Å². The molecule has 10 rings (SSSR count). The quantitative estimate of drug-likeness (QED) is 0.174. The van der Waals surface area contributed by atoms with Crippen LogP contribution in [0.15, 0.2) is 206 Å². The highest BCUT2D eigenvalue weighted by atomic mass is 15.0. The van der Waals surface area contributed by atoms with Crippen LogP contribution in [-0.2, 0) is 0 Å². The van der Waals surface area contributed by atoms with Crippen LogP contribution in [0.5, 0.6) is 0 Å². The van der Waals surface area contributed by atoms with Crippen molar-refractivity contribution in [1.82, 2.24) is 4.57 Å². The fourth-order valence-electron chi connectivity index (χ4n) is 7.58. The summed E-state index contributed by atoms with van der Waals surface area (Å²) in [6.07, 6.45) is 0. The Labute approximate surface area is 318 Å². The lowest BCUT2D eigenvalue weighted by Gasteiger charge is -2.08. The van der Waals surface area contributed by atoms with Crippen LogP contribution in [0.2, 0.25) is 0 Å². The lowest BCUT2D eigenvalue weighted by molar-refractivity contribution is 1.17. The molecule has 0 bridgehead atoms. The summed E-state index contributed by atoms with van der Waals surface area (Å²) in [5.41, 5.74) is 12.9. The smallest absolute Gasteiger partial charge is 0.0541 e. The van der Waals surface area contributed by atoms with E-state index in [0.717, 1.165) is 0 Å². The van der Waals surface area contributed by atoms with E-state index in [1.165, 1.54) is 88.0 Å². The average molecular weight is 694 g/mol. The minimum atomic E-state index is 1.22. The van der Waals surface area contributed by atoms with Gasteiger partial charge in [-0.2, -0.15) is 0 Å². The third-order valence-electron chi connectivity index (χ3n) is 10.1. The second kappa shape index (κ2) is 15.5. The Morgan fingerprint density at radius 1 is 0.315 bits per heavy atom. The summed E-state index contributed by atoms with van der Waals surface area (Å²) in [5, 5.41) is 7.91. The van der Waals surface area contributed by atoms with Crippen molar-refractivity contribution in [2.45, 2.75) is 20.8 Å². The molecule has 0 N–H and O–H groups in total. The van der Waals surface area contributed by atoms with E-state index < -0.39 is 0 Å². The maximum Gasteiger partial charge on any atom is 0.0541 e. The van der Waals surface area contributed by atoms with Crippen LogP contribution in [0.3, 0.4) is 0 Å². The van der Waals surface area contributed by atoms with Gasteiger partial charge in [-0.1, -0.05) is 176 Å². The zero-order valence-electron chi connectivity index (χ0n) is 31.1. The molecular formula is C53H43N. The van der Waals surface area contributed by atoms with Gasteiger partial charge in [0.15, 0.2) is 0 Å². The molecule has 1 aromatic heterocycles. The molecular weight excluding hydrogens is 651 g/mol. The Balaban J connectivity index is 0.000000115. The maximum absolute atomic E-state index is 2.34. The fraction of sp³-hybridized carbons (Fsp3) is 0.0566.